The van der Waals surface area contributed by atoms with E-state index >= 15 is 0 Å². The summed E-state index contributed by atoms with van der Waals surface area (Å²) in [5.74, 6) is 0.644. The van der Waals surface area contributed by atoms with Crippen LogP contribution in [0.5, 0.6) is 11.5 Å². The fourth-order valence-corrected chi connectivity index (χ4v) is 2.59. The number of para-hydroxylation sites is 1. The van der Waals surface area contributed by atoms with Crippen molar-refractivity contribution < 1.29 is 14.6 Å². The minimum absolute atomic E-state index is 0.120. The molecule has 6 heteroatoms. The molecule has 0 bridgehead atoms. The van der Waals surface area contributed by atoms with E-state index in [4.69, 9.17) is 4.74 Å². The second kappa shape index (κ2) is 8.40. The highest BCUT2D eigenvalue weighted by atomic mass is 16.5. The average Bonchev–Trinajstić information content (AvgIpc) is 3.16. The minimum Gasteiger partial charge on any atom is -0.507 e. The Kier molecular flexibility index (Phi) is 5.76. The van der Waals surface area contributed by atoms with Gasteiger partial charge in [0.2, 0.25) is 0 Å². The molecule has 27 heavy (non-hydrogen) atoms. The van der Waals surface area contributed by atoms with Crippen LogP contribution < -0.4 is 10.1 Å². The summed E-state index contributed by atoms with van der Waals surface area (Å²) in [6, 6.07) is 16.2. The van der Waals surface area contributed by atoms with Crippen LogP contribution in [0.15, 0.2) is 54.6 Å². The number of phenols is 1. The molecule has 0 spiro atoms. The third-order valence-electron chi connectivity index (χ3n) is 4.27. The molecule has 140 valence electrons. The lowest BCUT2D eigenvalue weighted by atomic mass is 10.1. The first-order valence-electron chi connectivity index (χ1n) is 8.94. The average molecular weight is 365 g/mol. The van der Waals surface area contributed by atoms with Crippen molar-refractivity contribution in [1.29, 1.82) is 0 Å². The first-order valence-corrected chi connectivity index (χ1v) is 8.94. The summed E-state index contributed by atoms with van der Waals surface area (Å²) in [4.78, 5) is 12.4. The molecule has 1 atom stereocenters. The Labute approximate surface area is 158 Å². The number of hydrogen-bond donors (Lipinski definition) is 3. The van der Waals surface area contributed by atoms with Gasteiger partial charge in [-0.1, -0.05) is 31.2 Å². The number of aromatic amines is 1. The molecule has 0 radical (unpaired) electrons. The number of amides is 1. The van der Waals surface area contributed by atoms with E-state index in [0.717, 1.165) is 17.7 Å². The maximum Gasteiger partial charge on any atom is 0.269 e. The smallest absolute Gasteiger partial charge is 0.269 e. The van der Waals surface area contributed by atoms with Crippen molar-refractivity contribution in [3.05, 3.63) is 65.9 Å². The lowest BCUT2D eigenvalue weighted by Gasteiger charge is -2.13. The summed E-state index contributed by atoms with van der Waals surface area (Å²) in [5.41, 5.74) is 2.37. The molecule has 2 aromatic carbocycles. The van der Waals surface area contributed by atoms with Crippen molar-refractivity contribution in [2.75, 3.05) is 0 Å². The number of nitrogens with one attached hydrogen (secondary N) is 2. The zero-order valence-corrected chi connectivity index (χ0v) is 15.4. The fraction of sp³-hybridized carbons (Fsp3) is 0.238. The van der Waals surface area contributed by atoms with Crippen molar-refractivity contribution in [3.63, 3.8) is 0 Å². The van der Waals surface area contributed by atoms with Gasteiger partial charge in [-0.3, -0.25) is 9.89 Å². The van der Waals surface area contributed by atoms with Gasteiger partial charge in [-0.2, -0.15) is 5.10 Å². The summed E-state index contributed by atoms with van der Waals surface area (Å²) >= 11 is 0. The number of aromatic hydroxyl groups is 1. The van der Waals surface area contributed by atoms with E-state index in [-0.39, 0.29) is 17.8 Å². The predicted molar refractivity (Wildman–Crippen MR) is 104 cm³/mol. The highest BCUT2D eigenvalue weighted by Gasteiger charge is 2.13. The molecular weight excluding hydrogens is 342 g/mol. The number of carbonyl (C=O) groups excluding carboxylic acids is 1. The normalized spacial score (nSPS) is 11.8. The van der Waals surface area contributed by atoms with Crippen LogP contribution in [0, 0.1) is 0 Å². The maximum absolute atomic E-state index is 12.4. The molecule has 0 aliphatic heterocycles. The molecule has 0 saturated heterocycles. The van der Waals surface area contributed by atoms with Crippen LogP contribution in [0.1, 0.15) is 36.3 Å². The molecule has 3 rings (SSSR count). The van der Waals surface area contributed by atoms with Crippen LogP contribution >= 0.6 is 0 Å². The number of carbonyl (C=O) groups is 1. The van der Waals surface area contributed by atoms with E-state index < -0.39 is 0 Å². The van der Waals surface area contributed by atoms with Crippen molar-refractivity contribution in [2.45, 2.75) is 32.9 Å². The molecule has 6 nitrogen and oxygen atoms in total. The van der Waals surface area contributed by atoms with E-state index in [1.807, 2.05) is 31.2 Å². The molecular formula is C21H23N3O3. The minimum atomic E-state index is -0.266. The van der Waals surface area contributed by atoms with Gasteiger partial charge in [0, 0.05) is 12.1 Å². The third kappa shape index (κ3) is 4.67. The number of phenolic OH excluding ortho intramolecular Hbond substituents is 1. The molecule has 3 aromatic rings. The number of rotatable bonds is 7. The second-order valence-electron chi connectivity index (χ2n) is 6.35. The van der Waals surface area contributed by atoms with Crippen molar-refractivity contribution in [2.24, 2.45) is 0 Å². The molecule has 1 aromatic heterocycles. The van der Waals surface area contributed by atoms with Crippen LogP contribution in [0.3, 0.4) is 0 Å². The number of ether oxygens (including phenoxy) is 1. The number of aromatic nitrogens is 2. The largest absolute Gasteiger partial charge is 0.507 e. The first-order chi connectivity index (χ1) is 13.1. The molecule has 3 N–H and O–H groups in total. The van der Waals surface area contributed by atoms with Crippen molar-refractivity contribution in [1.82, 2.24) is 15.5 Å². The maximum atomic E-state index is 12.4. The van der Waals surface area contributed by atoms with Crippen LogP contribution in [-0.2, 0) is 6.54 Å². The standard InChI is InChI=1S/C21H23N3O3/c1-3-14(2)27-16-8-6-7-15(11-16)13-22-21(26)19-12-18(23-24-19)17-9-4-5-10-20(17)25/h4-12,14,25H,3,13H2,1-2H3,(H,22,26)(H,23,24)/t14-/m1/s1. The van der Waals surface area contributed by atoms with Crippen LogP contribution in [0.4, 0.5) is 0 Å². The number of benzene rings is 2. The zero-order chi connectivity index (χ0) is 19.2. The highest BCUT2D eigenvalue weighted by molar-refractivity contribution is 5.93. The van der Waals surface area contributed by atoms with Gasteiger partial charge in [0.15, 0.2) is 0 Å². The van der Waals surface area contributed by atoms with Crippen LogP contribution in [-0.4, -0.2) is 27.3 Å². The SMILES string of the molecule is CC[C@@H](C)Oc1cccc(CNC(=O)c2cc(-c3ccccc3O)n[nH]2)c1. The fourth-order valence-electron chi connectivity index (χ4n) is 2.59. The summed E-state index contributed by atoms with van der Waals surface area (Å²) in [5, 5.41) is 19.6. The van der Waals surface area contributed by atoms with Gasteiger partial charge in [-0.05, 0) is 49.2 Å². The lowest BCUT2D eigenvalue weighted by Crippen LogP contribution is -2.23. The third-order valence-corrected chi connectivity index (χ3v) is 4.27. The predicted octanol–water partition coefficient (Wildman–Crippen LogP) is 3.89. The molecule has 0 aliphatic rings. The Morgan fingerprint density at radius 3 is 2.81 bits per heavy atom. The number of H-pyrrole nitrogens is 1. The summed E-state index contributed by atoms with van der Waals surface area (Å²) in [6.07, 6.45) is 1.08. The quantitative estimate of drug-likeness (QED) is 0.593. The zero-order valence-electron chi connectivity index (χ0n) is 15.4. The van der Waals surface area contributed by atoms with E-state index in [0.29, 0.717) is 23.5 Å². The molecule has 1 heterocycles. The van der Waals surface area contributed by atoms with E-state index in [9.17, 15) is 9.90 Å². The number of hydrogen-bond acceptors (Lipinski definition) is 4. The van der Waals surface area contributed by atoms with E-state index in [2.05, 4.69) is 22.4 Å². The lowest BCUT2D eigenvalue weighted by molar-refractivity contribution is 0.0945. The van der Waals surface area contributed by atoms with Gasteiger partial charge in [0.25, 0.3) is 5.91 Å². The van der Waals surface area contributed by atoms with Gasteiger partial charge >= 0.3 is 0 Å². The summed E-state index contributed by atoms with van der Waals surface area (Å²) < 4.78 is 5.81. The van der Waals surface area contributed by atoms with Gasteiger partial charge < -0.3 is 15.2 Å². The van der Waals surface area contributed by atoms with Gasteiger partial charge in [0.05, 0.1) is 11.8 Å². The Morgan fingerprint density at radius 1 is 1.22 bits per heavy atom. The van der Waals surface area contributed by atoms with Gasteiger partial charge in [-0.15, -0.1) is 0 Å². The first kappa shape index (κ1) is 18.5. The Hall–Kier alpha value is -3.28. The van der Waals surface area contributed by atoms with E-state index in [1.165, 1.54) is 0 Å². The number of nitrogens with zero attached hydrogens (tertiary/aromatic N) is 1. The van der Waals surface area contributed by atoms with Crippen molar-refractivity contribution >= 4 is 5.91 Å². The monoisotopic (exact) mass is 365 g/mol. The Morgan fingerprint density at radius 2 is 2.04 bits per heavy atom. The van der Waals surface area contributed by atoms with Crippen LogP contribution in [0.25, 0.3) is 11.3 Å². The second-order valence-corrected chi connectivity index (χ2v) is 6.35. The van der Waals surface area contributed by atoms with E-state index in [1.54, 1.807) is 30.3 Å². The molecule has 1 amide bonds. The molecule has 0 saturated carbocycles. The molecule has 0 unspecified atom stereocenters. The molecule has 0 aliphatic carbocycles. The summed E-state index contributed by atoms with van der Waals surface area (Å²) in [7, 11) is 0. The van der Waals surface area contributed by atoms with Crippen molar-refractivity contribution in [3.8, 4) is 22.8 Å². The van der Waals surface area contributed by atoms with Crippen LogP contribution in [0.2, 0.25) is 0 Å². The highest BCUT2D eigenvalue weighted by Crippen LogP contribution is 2.27. The Bertz CT molecular complexity index is 920. The topological polar surface area (TPSA) is 87.2 Å². The Balaban J connectivity index is 1.63. The molecule has 0 fully saturated rings. The summed E-state index contributed by atoms with van der Waals surface area (Å²) in [6.45, 7) is 4.47. The van der Waals surface area contributed by atoms with Gasteiger partial charge in [-0.25, -0.2) is 0 Å². The van der Waals surface area contributed by atoms with Gasteiger partial charge in [0.1, 0.15) is 17.2 Å².